The van der Waals surface area contributed by atoms with Crippen molar-refractivity contribution in [3.05, 3.63) is 10.1 Å². The Morgan fingerprint density at radius 3 is 2.83 bits per heavy atom. The maximum absolute atomic E-state index is 11.7. The van der Waals surface area contributed by atoms with Crippen molar-refractivity contribution in [3.8, 4) is 0 Å². The maximum Gasteiger partial charge on any atom is 0.311 e. The van der Waals surface area contributed by atoms with Crippen molar-refractivity contribution in [1.29, 1.82) is 0 Å². The fraction of sp³-hybridized carbons (Fsp3) is 0.769. The van der Waals surface area contributed by atoms with Gasteiger partial charge in [0, 0.05) is 8.41 Å². The molecule has 0 aliphatic heterocycles. The number of allylic oxidation sites excluding steroid dienone is 2. The number of carbonyl (C=O) groups excluding carboxylic acids is 1. The molecule has 2 nitrogen and oxygen atoms in total. The fourth-order valence-corrected chi connectivity index (χ4v) is 5.33. The highest BCUT2D eigenvalue weighted by atomic mass is 127. The van der Waals surface area contributed by atoms with Crippen LogP contribution in [-0.2, 0) is 9.53 Å². The quantitative estimate of drug-likeness (QED) is 0.350. The summed E-state index contributed by atoms with van der Waals surface area (Å²) in [5.74, 6) is -0.154. The number of hydrogen-bond acceptors (Lipinski definition) is 2. The monoisotopic (exact) mass is 448 g/mol. The summed E-state index contributed by atoms with van der Waals surface area (Å²) in [7, 11) is 1.44. The molecule has 0 saturated carbocycles. The van der Waals surface area contributed by atoms with Crippen LogP contribution in [0.4, 0.5) is 0 Å². The molecular formula is C13H19BrClIO2. The van der Waals surface area contributed by atoms with Gasteiger partial charge >= 0.3 is 5.97 Å². The van der Waals surface area contributed by atoms with Gasteiger partial charge in [0.2, 0.25) is 0 Å². The van der Waals surface area contributed by atoms with E-state index in [1.54, 1.807) is 0 Å². The third kappa shape index (κ3) is 4.10. The molecule has 0 aromatic carbocycles. The number of carbonyl (C=O) groups is 1. The first-order chi connectivity index (χ1) is 8.29. The average molecular weight is 450 g/mol. The van der Waals surface area contributed by atoms with E-state index in [4.69, 9.17) is 16.3 Å². The van der Waals surface area contributed by atoms with Crippen molar-refractivity contribution < 1.29 is 9.53 Å². The van der Waals surface area contributed by atoms with Crippen LogP contribution in [0.1, 0.15) is 39.5 Å². The topological polar surface area (TPSA) is 26.3 Å². The van der Waals surface area contributed by atoms with Crippen LogP contribution >= 0.6 is 50.1 Å². The Morgan fingerprint density at radius 2 is 2.28 bits per heavy atom. The van der Waals surface area contributed by atoms with Crippen LogP contribution < -0.4 is 0 Å². The summed E-state index contributed by atoms with van der Waals surface area (Å²) in [6.07, 6.45) is 3.98. The molecule has 104 valence electrons. The number of methoxy groups -OCH3 is 1. The number of rotatable bonds is 4. The van der Waals surface area contributed by atoms with Crippen LogP contribution in [0.15, 0.2) is 10.1 Å². The first-order valence-electron chi connectivity index (χ1n) is 6.04. The van der Waals surface area contributed by atoms with Crippen LogP contribution in [0.3, 0.4) is 0 Å². The molecule has 1 aliphatic carbocycles. The highest BCUT2D eigenvalue weighted by Crippen LogP contribution is 2.40. The summed E-state index contributed by atoms with van der Waals surface area (Å²) in [6.45, 7) is 3.86. The molecule has 1 rings (SSSR count). The van der Waals surface area contributed by atoms with Gasteiger partial charge in [-0.05, 0) is 45.1 Å². The zero-order valence-corrected chi connectivity index (χ0v) is 15.4. The SMILES string of the molecule is COC(=O)C(C)(C)C[C@H](I)C1=C(Br)[C@H](Cl)CCC1. The van der Waals surface area contributed by atoms with E-state index in [2.05, 4.69) is 38.5 Å². The molecule has 2 atom stereocenters. The molecule has 1 aliphatic rings. The van der Waals surface area contributed by atoms with Crippen LogP contribution in [0.2, 0.25) is 0 Å². The van der Waals surface area contributed by atoms with Gasteiger partial charge in [-0.15, -0.1) is 11.6 Å². The van der Waals surface area contributed by atoms with Gasteiger partial charge in [-0.1, -0.05) is 38.5 Å². The van der Waals surface area contributed by atoms with E-state index in [-0.39, 0.29) is 11.3 Å². The predicted octanol–water partition coefficient (Wildman–Crippen LogP) is 4.82. The summed E-state index contributed by atoms with van der Waals surface area (Å²) >= 11 is 12.3. The largest absolute Gasteiger partial charge is 0.469 e. The van der Waals surface area contributed by atoms with Crippen molar-refractivity contribution in [2.45, 2.75) is 48.8 Å². The molecule has 0 amide bonds. The van der Waals surface area contributed by atoms with Crippen molar-refractivity contribution in [2.75, 3.05) is 7.11 Å². The Balaban J connectivity index is 2.79. The van der Waals surface area contributed by atoms with Gasteiger partial charge < -0.3 is 4.74 Å². The van der Waals surface area contributed by atoms with Gasteiger partial charge in [0.05, 0.1) is 17.9 Å². The minimum absolute atomic E-state index is 0.0901. The Hall–Kier alpha value is 0.710. The minimum Gasteiger partial charge on any atom is -0.469 e. The van der Waals surface area contributed by atoms with Crippen molar-refractivity contribution >= 4 is 56.1 Å². The molecule has 5 heteroatoms. The van der Waals surface area contributed by atoms with Crippen LogP contribution in [0.25, 0.3) is 0 Å². The molecule has 0 spiro atoms. The molecule has 0 N–H and O–H groups in total. The van der Waals surface area contributed by atoms with Gasteiger partial charge in [-0.3, -0.25) is 4.79 Å². The second kappa shape index (κ2) is 6.93. The molecule has 0 saturated heterocycles. The first kappa shape index (κ1) is 16.8. The minimum atomic E-state index is -0.458. The second-order valence-corrected chi connectivity index (χ2v) is 8.16. The highest BCUT2D eigenvalue weighted by molar-refractivity contribution is 14.1. The summed E-state index contributed by atoms with van der Waals surface area (Å²) < 4.78 is 6.29. The van der Waals surface area contributed by atoms with Crippen molar-refractivity contribution in [2.24, 2.45) is 5.41 Å². The third-order valence-electron chi connectivity index (χ3n) is 3.29. The summed E-state index contributed by atoms with van der Waals surface area (Å²) in [6, 6.07) is 0. The first-order valence-corrected chi connectivity index (χ1v) is 8.52. The predicted molar refractivity (Wildman–Crippen MR) is 87.7 cm³/mol. The van der Waals surface area contributed by atoms with Crippen LogP contribution in [0, 0.1) is 5.41 Å². The van der Waals surface area contributed by atoms with Gasteiger partial charge in [0.15, 0.2) is 0 Å². The Labute approximate surface area is 136 Å². The molecule has 0 unspecified atom stereocenters. The Kier molecular flexibility index (Phi) is 6.46. The lowest BCUT2D eigenvalue weighted by molar-refractivity contribution is -0.150. The molecule has 0 radical (unpaired) electrons. The fourth-order valence-electron chi connectivity index (χ4n) is 2.16. The van der Waals surface area contributed by atoms with Crippen LogP contribution in [0.5, 0.6) is 0 Å². The number of hydrogen-bond donors (Lipinski definition) is 0. The maximum atomic E-state index is 11.7. The van der Waals surface area contributed by atoms with Crippen molar-refractivity contribution in [1.82, 2.24) is 0 Å². The molecule has 0 aromatic rings. The Morgan fingerprint density at radius 1 is 1.67 bits per heavy atom. The normalized spacial score (nSPS) is 22.9. The zero-order chi connectivity index (χ0) is 13.9. The van der Waals surface area contributed by atoms with Crippen LogP contribution in [-0.4, -0.2) is 22.4 Å². The van der Waals surface area contributed by atoms with E-state index in [0.29, 0.717) is 3.92 Å². The van der Waals surface area contributed by atoms with E-state index in [0.717, 1.165) is 30.2 Å². The zero-order valence-electron chi connectivity index (χ0n) is 10.9. The molecule has 0 fully saturated rings. The number of halogens is 3. The van der Waals surface area contributed by atoms with Gasteiger partial charge in [-0.2, -0.15) is 0 Å². The molecule has 18 heavy (non-hydrogen) atoms. The molecule has 0 heterocycles. The lowest BCUT2D eigenvalue weighted by Gasteiger charge is -2.29. The van der Waals surface area contributed by atoms with Gasteiger partial charge in [0.25, 0.3) is 0 Å². The lowest BCUT2D eigenvalue weighted by Crippen LogP contribution is -2.30. The summed E-state index contributed by atoms with van der Waals surface area (Å²) in [5, 5.41) is 0.0901. The standard InChI is InChI=1S/C13H19BrClIO2/c1-13(2,12(17)18-3)7-10(16)8-5-4-6-9(15)11(8)14/h9-10H,4-7H2,1-3H3/t9-,10+/m1/s1. The van der Waals surface area contributed by atoms with E-state index in [9.17, 15) is 4.79 Å². The number of alkyl halides is 2. The molecule has 0 aromatic heterocycles. The summed E-state index contributed by atoms with van der Waals surface area (Å²) in [5.41, 5.74) is 0.888. The lowest BCUT2D eigenvalue weighted by atomic mass is 9.84. The van der Waals surface area contributed by atoms with E-state index in [1.807, 2.05) is 13.8 Å². The average Bonchev–Trinajstić information content (AvgIpc) is 2.30. The van der Waals surface area contributed by atoms with E-state index in [1.165, 1.54) is 12.7 Å². The third-order valence-corrected chi connectivity index (χ3v) is 6.25. The molecule has 0 bridgehead atoms. The highest BCUT2D eigenvalue weighted by Gasteiger charge is 2.34. The second-order valence-electron chi connectivity index (χ2n) is 5.28. The Bertz CT molecular complexity index is 355. The van der Waals surface area contributed by atoms with Crippen molar-refractivity contribution in [3.63, 3.8) is 0 Å². The smallest absolute Gasteiger partial charge is 0.311 e. The van der Waals surface area contributed by atoms with E-state index < -0.39 is 5.41 Å². The number of esters is 1. The van der Waals surface area contributed by atoms with E-state index >= 15 is 0 Å². The van der Waals surface area contributed by atoms with Gasteiger partial charge in [-0.25, -0.2) is 0 Å². The van der Waals surface area contributed by atoms with Gasteiger partial charge in [0.1, 0.15) is 0 Å². The number of ether oxygens (including phenoxy) is 1. The molecular weight excluding hydrogens is 430 g/mol. The summed E-state index contributed by atoms with van der Waals surface area (Å²) in [4.78, 5) is 11.7.